The molecule has 5 nitrogen and oxygen atoms in total. The van der Waals surface area contributed by atoms with E-state index in [1.165, 1.54) is 6.33 Å². The van der Waals surface area contributed by atoms with Crippen molar-refractivity contribution in [1.82, 2.24) is 24.5 Å². The SMILES string of the molecule is c1cc(-c2ccc3c(c2)ncn3-c2ccncn2)ccn1. The standard InChI is InChI=1S/C16H11N5/c1-2-15-14(9-13(1)12-3-6-17-7-4-12)20-11-21(15)16-5-8-18-10-19-16/h1-11H. The zero-order chi connectivity index (χ0) is 14.1. The molecule has 0 aliphatic heterocycles. The lowest BCUT2D eigenvalue weighted by Gasteiger charge is -2.04. The summed E-state index contributed by atoms with van der Waals surface area (Å²) in [4.78, 5) is 16.7. The fourth-order valence-electron chi connectivity index (χ4n) is 2.35. The van der Waals surface area contributed by atoms with Gasteiger partial charge in [-0.25, -0.2) is 15.0 Å². The molecule has 0 atom stereocenters. The summed E-state index contributed by atoms with van der Waals surface area (Å²) in [5.74, 6) is 0.809. The number of imidazole rings is 1. The molecule has 0 saturated carbocycles. The molecule has 0 aliphatic rings. The van der Waals surface area contributed by atoms with E-state index < -0.39 is 0 Å². The number of pyridine rings is 1. The van der Waals surface area contributed by atoms with Crippen molar-refractivity contribution in [2.24, 2.45) is 0 Å². The van der Waals surface area contributed by atoms with E-state index in [0.29, 0.717) is 0 Å². The van der Waals surface area contributed by atoms with Crippen LogP contribution in [0.3, 0.4) is 0 Å². The topological polar surface area (TPSA) is 56.5 Å². The second-order valence-electron chi connectivity index (χ2n) is 4.62. The highest BCUT2D eigenvalue weighted by molar-refractivity contribution is 5.83. The minimum absolute atomic E-state index is 0.809. The Labute approximate surface area is 121 Å². The molecule has 5 heteroatoms. The van der Waals surface area contributed by atoms with Crippen LogP contribution in [-0.2, 0) is 0 Å². The molecule has 0 fully saturated rings. The number of aromatic nitrogens is 5. The van der Waals surface area contributed by atoms with Gasteiger partial charge in [0.2, 0.25) is 0 Å². The van der Waals surface area contributed by atoms with E-state index in [9.17, 15) is 0 Å². The summed E-state index contributed by atoms with van der Waals surface area (Å²) in [7, 11) is 0. The van der Waals surface area contributed by atoms with Crippen molar-refractivity contribution in [3.63, 3.8) is 0 Å². The highest BCUT2D eigenvalue weighted by Gasteiger charge is 2.07. The maximum atomic E-state index is 4.47. The third-order valence-electron chi connectivity index (χ3n) is 3.37. The highest BCUT2D eigenvalue weighted by atomic mass is 15.1. The molecule has 0 amide bonds. The van der Waals surface area contributed by atoms with Gasteiger partial charge in [-0.05, 0) is 41.5 Å². The number of hydrogen-bond acceptors (Lipinski definition) is 4. The van der Waals surface area contributed by atoms with E-state index in [1.807, 2.05) is 22.8 Å². The van der Waals surface area contributed by atoms with Crippen LogP contribution in [0.1, 0.15) is 0 Å². The molecule has 0 radical (unpaired) electrons. The molecule has 3 heterocycles. The van der Waals surface area contributed by atoms with E-state index in [2.05, 4.69) is 38.1 Å². The molecule has 21 heavy (non-hydrogen) atoms. The molecular weight excluding hydrogens is 262 g/mol. The van der Waals surface area contributed by atoms with Crippen LogP contribution >= 0.6 is 0 Å². The number of benzene rings is 1. The Balaban J connectivity index is 1.85. The lowest BCUT2D eigenvalue weighted by molar-refractivity contribution is 0.995. The molecule has 1 aromatic carbocycles. The van der Waals surface area contributed by atoms with E-state index in [4.69, 9.17) is 0 Å². The Hall–Kier alpha value is -3.08. The molecule has 0 unspecified atom stereocenters. The maximum Gasteiger partial charge on any atom is 0.141 e. The predicted octanol–water partition coefficient (Wildman–Crippen LogP) is 2.88. The van der Waals surface area contributed by atoms with E-state index in [-0.39, 0.29) is 0 Å². The first-order valence-corrected chi connectivity index (χ1v) is 6.56. The zero-order valence-electron chi connectivity index (χ0n) is 11.1. The molecule has 100 valence electrons. The largest absolute Gasteiger partial charge is 0.283 e. The second kappa shape index (κ2) is 4.79. The van der Waals surface area contributed by atoms with Crippen molar-refractivity contribution in [1.29, 1.82) is 0 Å². The predicted molar refractivity (Wildman–Crippen MR) is 79.9 cm³/mol. The Bertz CT molecular complexity index is 884. The fourth-order valence-corrected chi connectivity index (χ4v) is 2.35. The molecule has 3 aromatic heterocycles. The van der Waals surface area contributed by atoms with Gasteiger partial charge in [-0.1, -0.05) is 6.07 Å². The second-order valence-corrected chi connectivity index (χ2v) is 4.62. The number of rotatable bonds is 2. The summed E-state index contributed by atoms with van der Waals surface area (Å²) < 4.78 is 1.95. The van der Waals surface area contributed by atoms with Crippen molar-refractivity contribution in [2.75, 3.05) is 0 Å². The van der Waals surface area contributed by atoms with Gasteiger partial charge in [0.05, 0.1) is 11.0 Å². The van der Waals surface area contributed by atoms with Crippen molar-refractivity contribution < 1.29 is 0 Å². The first kappa shape index (κ1) is 11.7. The molecule has 0 spiro atoms. The first-order valence-electron chi connectivity index (χ1n) is 6.56. The molecule has 4 rings (SSSR count). The van der Waals surface area contributed by atoms with Gasteiger partial charge in [0, 0.05) is 18.6 Å². The van der Waals surface area contributed by atoms with Gasteiger partial charge in [-0.15, -0.1) is 0 Å². The van der Waals surface area contributed by atoms with Gasteiger partial charge in [-0.3, -0.25) is 9.55 Å². The number of nitrogens with zero attached hydrogens (tertiary/aromatic N) is 5. The van der Waals surface area contributed by atoms with Crippen molar-refractivity contribution in [2.45, 2.75) is 0 Å². The quantitative estimate of drug-likeness (QED) is 0.563. The van der Waals surface area contributed by atoms with Gasteiger partial charge in [0.25, 0.3) is 0 Å². The van der Waals surface area contributed by atoms with Gasteiger partial charge in [0.1, 0.15) is 18.5 Å². The number of hydrogen-bond donors (Lipinski definition) is 0. The summed E-state index contributed by atoms with van der Waals surface area (Å²) in [6.45, 7) is 0. The van der Waals surface area contributed by atoms with Crippen LogP contribution in [0, 0.1) is 0 Å². The zero-order valence-corrected chi connectivity index (χ0v) is 11.1. The van der Waals surface area contributed by atoms with Crippen LogP contribution in [0.4, 0.5) is 0 Å². The number of fused-ring (bicyclic) bond motifs is 1. The Morgan fingerprint density at radius 2 is 1.62 bits per heavy atom. The Morgan fingerprint density at radius 3 is 2.43 bits per heavy atom. The summed E-state index contributed by atoms with van der Waals surface area (Å²) in [5, 5.41) is 0. The smallest absolute Gasteiger partial charge is 0.141 e. The molecule has 0 bridgehead atoms. The van der Waals surface area contributed by atoms with Crippen molar-refractivity contribution in [3.8, 4) is 16.9 Å². The van der Waals surface area contributed by atoms with Gasteiger partial charge in [0.15, 0.2) is 0 Å². The molecule has 0 saturated heterocycles. The monoisotopic (exact) mass is 273 g/mol. The van der Waals surface area contributed by atoms with Crippen LogP contribution in [0.2, 0.25) is 0 Å². The van der Waals surface area contributed by atoms with Crippen molar-refractivity contribution in [3.05, 3.63) is 67.6 Å². The van der Waals surface area contributed by atoms with E-state index in [1.54, 1.807) is 24.9 Å². The first-order chi connectivity index (χ1) is 10.4. The summed E-state index contributed by atoms with van der Waals surface area (Å²) in [5.41, 5.74) is 4.20. The average molecular weight is 273 g/mol. The van der Waals surface area contributed by atoms with Crippen LogP contribution < -0.4 is 0 Å². The van der Waals surface area contributed by atoms with Crippen LogP contribution in [0.5, 0.6) is 0 Å². The summed E-state index contributed by atoms with van der Waals surface area (Å²) in [6.07, 6.45) is 8.62. The Morgan fingerprint density at radius 1 is 0.762 bits per heavy atom. The molecular formula is C16H11N5. The lowest BCUT2D eigenvalue weighted by Crippen LogP contribution is -1.95. The third kappa shape index (κ3) is 2.04. The average Bonchev–Trinajstić information content (AvgIpc) is 2.99. The lowest BCUT2D eigenvalue weighted by atomic mass is 10.1. The van der Waals surface area contributed by atoms with Gasteiger partial charge >= 0.3 is 0 Å². The normalized spacial score (nSPS) is 10.9. The molecule has 0 N–H and O–H groups in total. The molecule has 4 aromatic rings. The van der Waals surface area contributed by atoms with Gasteiger partial charge < -0.3 is 0 Å². The highest BCUT2D eigenvalue weighted by Crippen LogP contribution is 2.24. The summed E-state index contributed by atoms with van der Waals surface area (Å²) >= 11 is 0. The minimum atomic E-state index is 0.809. The van der Waals surface area contributed by atoms with E-state index >= 15 is 0 Å². The maximum absolute atomic E-state index is 4.47. The van der Waals surface area contributed by atoms with Crippen LogP contribution in [-0.4, -0.2) is 24.5 Å². The molecule has 0 aliphatic carbocycles. The summed E-state index contributed by atoms with van der Waals surface area (Å²) in [6, 6.07) is 12.0. The third-order valence-corrected chi connectivity index (χ3v) is 3.37. The fraction of sp³-hybridized carbons (Fsp3) is 0. The van der Waals surface area contributed by atoms with Crippen LogP contribution in [0.25, 0.3) is 28.0 Å². The Kier molecular flexibility index (Phi) is 2.67. The van der Waals surface area contributed by atoms with E-state index in [0.717, 1.165) is 28.0 Å². The minimum Gasteiger partial charge on any atom is -0.283 e. The van der Waals surface area contributed by atoms with Crippen LogP contribution in [0.15, 0.2) is 67.6 Å². The van der Waals surface area contributed by atoms with Gasteiger partial charge in [-0.2, -0.15) is 0 Å². The van der Waals surface area contributed by atoms with Crippen molar-refractivity contribution >= 4 is 11.0 Å².